The van der Waals surface area contributed by atoms with Crippen LogP contribution in [0.1, 0.15) is 0 Å². The zero-order valence-corrected chi connectivity index (χ0v) is 15.0. The van der Waals surface area contributed by atoms with Gasteiger partial charge in [0.05, 0.1) is 0 Å². The molecule has 0 aromatic carbocycles. The molecule has 1 radical (unpaired) electrons. The second-order valence-electron chi connectivity index (χ2n) is 0.750. The molecule has 0 aliphatic heterocycles. The number of rotatable bonds is 0. The molecule has 0 rings (SSSR count). The average Bonchev–Trinajstić information content (AvgIpc) is 1.54. The summed E-state index contributed by atoms with van der Waals surface area (Å²) < 4.78 is 25.6. The molecule has 0 aromatic heterocycles. The van der Waals surface area contributed by atoms with E-state index < -0.39 is 27.5 Å². The van der Waals surface area contributed by atoms with Gasteiger partial charge in [-0.2, -0.15) is 0 Å². The van der Waals surface area contributed by atoms with Crippen LogP contribution in [0.25, 0.3) is 0 Å². The van der Waals surface area contributed by atoms with Crippen molar-refractivity contribution in [2.24, 2.45) is 0 Å². The van der Waals surface area contributed by atoms with Crippen molar-refractivity contribution in [1.82, 2.24) is 0 Å². The van der Waals surface area contributed by atoms with E-state index in [0.29, 0.717) is 0 Å². The molecular weight excluding hydrogens is 524 g/mol. The fourth-order valence-electron chi connectivity index (χ4n) is 0. The molecule has 0 saturated carbocycles. The molecular formula is GdLaO9Si3. The second-order valence-corrected chi connectivity index (χ2v) is 2.25. The summed E-state index contributed by atoms with van der Waals surface area (Å²) >= 11 is 0. The van der Waals surface area contributed by atoms with E-state index in [2.05, 4.69) is 0 Å². The molecule has 0 N–H and O–H groups in total. The largest absolute Gasteiger partial charge is 3.00 e. The van der Waals surface area contributed by atoms with Crippen LogP contribution >= 0.6 is 0 Å². The summed E-state index contributed by atoms with van der Waals surface area (Å²) in [6.07, 6.45) is 0. The minimum absolute atomic E-state index is 0. The monoisotopic (exact) mass is 525 g/mol. The summed E-state index contributed by atoms with van der Waals surface area (Å²) in [5.74, 6) is 0. The molecule has 0 amide bonds. The van der Waals surface area contributed by atoms with Gasteiger partial charge < -0.3 is 42.2 Å². The number of hydrogen-bond acceptors (Lipinski definition) is 9. The molecule has 9 nitrogen and oxygen atoms in total. The predicted octanol–water partition coefficient (Wildman–Crippen LogP) is -8.63. The number of hydrogen-bond donors (Lipinski definition) is 0. The Kier molecular flexibility index (Phi) is 50.4. The first-order valence-electron chi connectivity index (χ1n) is 1.84. The van der Waals surface area contributed by atoms with Crippen LogP contribution in [-0.2, 0) is 13.4 Å². The van der Waals surface area contributed by atoms with Crippen LogP contribution < -0.4 is 28.8 Å². The van der Waals surface area contributed by atoms with Crippen molar-refractivity contribution < 1.29 is 118 Å². The van der Waals surface area contributed by atoms with Gasteiger partial charge in [0, 0.05) is 27.5 Å². The molecule has 14 heavy (non-hydrogen) atoms. The molecule has 0 saturated heterocycles. The van der Waals surface area contributed by atoms with Gasteiger partial charge in [-0.05, 0) is 0 Å². The Labute approximate surface area is 143 Å². The molecule has 0 heterocycles. The summed E-state index contributed by atoms with van der Waals surface area (Å²) in [5.41, 5.74) is 0. The molecule has 0 spiro atoms. The Morgan fingerprint density at radius 3 is 0.571 bits per heavy atom. The van der Waals surface area contributed by atoms with Gasteiger partial charge in [0.1, 0.15) is 0 Å². The van der Waals surface area contributed by atoms with Crippen LogP contribution in [0.2, 0.25) is 0 Å². The third kappa shape index (κ3) is 1090. The molecule has 77 valence electrons. The van der Waals surface area contributed by atoms with Crippen LogP contribution in [0.5, 0.6) is 0 Å². The minimum atomic E-state index is -3.63. The topological polar surface area (TPSA) is 190 Å². The minimum Gasteiger partial charge on any atom is -0.672 e. The van der Waals surface area contributed by atoms with E-state index in [0.717, 1.165) is 0 Å². The van der Waals surface area contributed by atoms with E-state index in [1.54, 1.807) is 0 Å². The standard InChI is InChI=1S/Gd.La.3O3Si/c;;3*1-4(2)3/q2*+3;3*-2. The van der Waals surface area contributed by atoms with Crippen LogP contribution in [0.4, 0.5) is 0 Å². The summed E-state index contributed by atoms with van der Waals surface area (Å²) in [7, 11) is -10.9. The Balaban J connectivity index is -0.0000000270. The first-order valence-corrected chi connectivity index (χ1v) is 5.51. The normalized spacial score (nSPS) is 5.14. The van der Waals surface area contributed by atoms with Crippen molar-refractivity contribution in [3.63, 3.8) is 0 Å². The zero-order valence-electron chi connectivity index (χ0n) is 6.11. The van der Waals surface area contributed by atoms with E-state index in [1.165, 1.54) is 0 Å². The Hall–Kier alpha value is 1.37. The van der Waals surface area contributed by atoms with E-state index in [4.69, 9.17) is 42.2 Å². The first-order chi connectivity index (χ1) is 5.20. The summed E-state index contributed by atoms with van der Waals surface area (Å²) in [5, 5.41) is 0. The van der Waals surface area contributed by atoms with Gasteiger partial charge in [0.15, 0.2) is 0 Å². The van der Waals surface area contributed by atoms with Crippen LogP contribution in [-0.4, -0.2) is 27.5 Å². The second kappa shape index (κ2) is 23.9. The van der Waals surface area contributed by atoms with Gasteiger partial charge in [0.25, 0.3) is 0 Å². The molecule has 0 atom stereocenters. The Morgan fingerprint density at radius 1 is 0.571 bits per heavy atom. The van der Waals surface area contributed by atoms with Crippen molar-refractivity contribution in [3.05, 3.63) is 0 Å². The van der Waals surface area contributed by atoms with Gasteiger partial charge >= 0.3 is 75.5 Å². The SMILES string of the molecule is O=[Si]([O-])[O-].O=[Si]([O-])[O-].O=[Si]([O-])[O-].[Gd+3].[La+3]. The first kappa shape index (κ1) is 29.5. The van der Waals surface area contributed by atoms with Crippen LogP contribution in [0.15, 0.2) is 0 Å². The average molecular weight is 524 g/mol. The van der Waals surface area contributed by atoms with Crippen LogP contribution in [0, 0.1) is 75.5 Å². The van der Waals surface area contributed by atoms with E-state index in [9.17, 15) is 0 Å². The summed E-state index contributed by atoms with van der Waals surface area (Å²) in [6, 6.07) is 0. The van der Waals surface area contributed by atoms with Crippen molar-refractivity contribution in [2.45, 2.75) is 0 Å². The van der Waals surface area contributed by atoms with Crippen LogP contribution in [0.3, 0.4) is 0 Å². The maximum absolute atomic E-state index is 8.52. The van der Waals surface area contributed by atoms with Crippen molar-refractivity contribution in [1.29, 1.82) is 0 Å². The predicted molar refractivity (Wildman–Crippen MR) is 19.3 cm³/mol. The molecule has 0 unspecified atom stereocenters. The Bertz CT molecular complexity index is 118. The zero-order chi connectivity index (χ0) is 10.7. The van der Waals surface area contributed by atoms with Gasteiger partial charge in [-0.15, -0.1) is 0 Å². The quantitative estimate of drug-likeness (QED) is 0.277. The van der Waals surface area contributed by atoms with Crippen molar-refractivity contribution in [3.8, 4) is 0 Å². The summed E-state index contributed by atoms with van der Waals surface area (Å²) in [6.45, 7) is 0. The maximum Gasteiger partial charge on any atom is 3.00 e. The molecule has 0 aromatic rings. The third-order valence-corrected chi connectivity index (χ3v) is 0. The van der Waals surface area contributed by atoms with Gasteiger partial charge in [0.2, 0.25) is 0 Å². The molecule has 14 heteroatoms. The maximum atomic E-state index is 8.52. The summed E-state index contributed by atoms with van der Waals surface area (Å²) in [4.78, 5) is 51.1. The van der Waals surface area contributed by atoms with Gasteiger partial charge in [-0.1, -0.05) is 0 Å². The fraction of sp³-hybridized carbons (Fsp3) is 0. The fourth-order valence-corrected chi connectivity index (χ4v) is 0. The van der Waals surface area contributed by atoms with Gasteiger partial charge in [-0.25, -0.2) is 0 Å². The Morgan fingerprint density at radius 2 is 0.571 bits per heavy atom. The van der Waals surface area contributed by atoms with E-state index in [1.807, 2.05) is 0 Å². The molecule has 0 aliphatic rings. The van der Waals surface area contributed by atoms with E-state index in [-0.39, 0.29) is 75.5 Å². The third-order valence-electron chi connectivity index (χ3n) is 0. The molecule has 0 aliphatic carbocycles. The smallest absolute Gasteiger partial charge is 0.672 e. The van der Waals surface area contributed by atoms with E-state index >= 15 is 0 Å². The van der Waals surface area contributed by atoms with Gasteiger partial charge in [-0.3, -0.25) is 0 Å². The molecule has 0 fully saturated rings. The molecule has 0 bridgehead atoms. The van der Waals surface area contributed by atoms with Crippen molar-refractivity contribution >= 4 is 27.5 Å². The van der Waals surface area contributed by atoms with Crippen molar-refractivity contribution in [2.75, 3.05) is 0 Å².